The van der Waals surface area contributed by atoms with Crippen molar-refractivity contribution in [3.8, 4) is 0 Å². The van der Waals surface area contributed by atoms with Crippen LogP contribution in [0.1, 0.15) is 19.4 Å². The Morgan fingerprint density at radius 1 is 1.13 bits per heavy atom. The fraction of sp³-hybridized carbons (Fsp3) is 0.529. The van der Waals surface area contributed by atoms with Gasteiger partial charge >= 0.3 is 6.03 Å². The van der Waals surface area contributed by atoms with E-state index in [9.17, 15) is 9.59 Å². The number of urea groups is 1. The van der Waals surface area contributed by atoms with E-state index in [4.69, 9.17) is 4.74 Å². The highest BCUT2D eigenvalue weighted by atomic mass is 16.5. The zero-order valence-corrected chi connectivity index (χ0v) is 13.9. The lowest BCUT2D eigenvalue weighted by Crippen LogP contribution is -2.43. The number of benzene rings is 1. The molecule has 1 aromatic rings. The molecule has 0 unspecified atom stereocenters. The molecule has 2 rings (SSSR count). The third-order valence-electron chi connectivity index (χ3n) is 3.98. The second-order valence-electron chi connectivity index (χ2n) is 5.47. The van der Waals surface area contributed by atoms with Crippen LogP contribution in [0.2, 0.25) is 0 Å². The number of ether oxygens (including phenoxy) is 1. The van der Waals surface area contributed by atoms with E-state index in [0.29, 0.717) is 32.7 Å². The predicted molar refractivity (Wildman–Crippen MR) is 89.5 cm³/mol. The molecule has 0 aliphatic carbocycles. The number of likely N-dealkylation sites (N-methyl/N-ethyl adjacent to an activating group) is 1. The second kappa shape index (κ2) is 8.53. The van der Waals surface area contributed by atoms with Crippen molar-refractivity contribution in [2.24, 2.45) is 0 Å². The molecule has 1 aliphatic rings. The van der Waals surface area contributed by atoms with Crippen molar-refractivity contribution in [1.82, 2.24) is 9.80 Å². The summed E-state index contributed by atoms with van der Waals surface area (Å²) in [5, 5.41) is 2.87. The Morgan fingerprint density at radius 3 is 2.30 bits per heavy atom. The zero-order valence-electron chi connectivity index (χ0n) is 13.9. The summed E-state index contributed by atoms with van der Waals surface area (Å²) in [6, 6.07) is 7.33. The lowest BCUT2D eigenvalue weighted by atomic mass is 10.1. The minimum Gasteiger partial charge on any atom is -0.378 e. The zero-order chi connectivity index (χ0) is 16.7. The first kappa shape index (κ1) is 17.3. The van der Waals surface area contributed by atoms with Crippen LogP contribution in [0.4, 0.5) is 10.5 Å². The van der Waals surface area contributed by atoms with Gasteiger partial charge in [0.2, 0.25) is 5.91 Å². The van der Waals surface area contributed by atoms with Gasteiger partial charge in [0.05, 0.1) is 19.6 Å². The lowest BCUT2D eigenvalue weighted by molar-refractivity contribution is -0.130. The molecule has 0 spiro atoms. The molecule has 0 bridgehead atoms. The van der Waals surface area contributed by atoms with Crippen molar-refractivity contribution in [2.75, 3.05) is 44.7 Å². The number of morpholine rings is 1. The first-order valence-corrected chi connectivity index (χ1v) is 8.14. The minimum atomic E-state index is -0.111. The fourth-order valence-electron chi connectivity index (χ4n) is 2.54. The summed E-state index contributed by atoms with van der Waals surface area (Å²) in [5.41, 5.74) is 1.69. The summed E-state index contributed by atoms with van der Waals surface area (Å²) in [7, 11) is 0. The van der Waals surface area contributed by atoms with Crippen LogP contribution in [0.15, 0.2) is 24.3 Å². The van der Waals surface area contributed by atoms with Gasteiger partial charge in [-0.05, 0) is 31.5 Å². The van der Waals surface area contributed by atoms with Crippen LogP contribution >= 0.6 is 0 Å². The van der Waals surface area contributed by atoms with E-state index in [1.165, 1.54) is 0 Å². The number of carbonyl (C=O) groups is 2. The number of rotatable bonds is 5. The van der Waals surface area contributed by atoms with Crippen LogP contribution in [0.25, 0.3) is 0 Å². The maximum Gasteiger partial charge on any atom is 0.321 e. The molecule has 1 aliphatic heterocycles. The molecule has 0 radical (unpaired) electrons. The Morgan fingerprint density at radius 2 is 1.74 bits per heavy atom. The SMILES string of the molecule is CCN(CC)C(=O)Cc1ccc(NC(=O)N2CCOCC2)cc1. The van der Waals surface area contributed by atoms with Crippen LogP contribution in [0, 0.1) is 0 Å². The number of hydrogen-bond acceptors (Lipinski definition) is 3. The molecular weight excluding hydrogens is 294 g/mol. The van der Waals surface area contributed by atoms with Crippen LogP contribution in [-0.4, -0.2) is 61.1 Å². The highest BCUT2D eigenvalue weighted by Gasteiger charge is 2.16. The Bertz CT molecular complexity index is 520. The molecule has 1 saturated heterocycles. The number of nitrogens with zero attached hydrogens (tertiary/aromatic N) is 2. The van der Waals surface area contributed by atoms with Gasteiger partial charge in [0.15, 0.2) is 0 Å². The van der Waals surface area contributed by atoms with Crippen molar-refractivity contribution < 1.29 is 14.3 Å². The summed E-state index contributed by atoms with van der Waals surface area (Å²) in [6.45, 7) is 7.80. The summed E-state index contributed by atoms with van der Waals surface area (Å²) in [6.07, 6.45) is 0.388. The maximum absolute atomic E-state index is 12.1. The van der Waals surface area contributed by atoms with Gasteiger partial charge in [0, 0.05) is 31.9 Å². The maximum atomic E-state index is 12.1. The molecule has 0 aromatic heterocycles. The molecule has 0 atom stereocenters. The Hall–Kier alpha value is -2.08. The van der Waals surface area contributed by atoms with E-state index < -0.39 is 0 Å². The number of amides is 3. The summed E-state index contributed by atoms with van der Waals surface area (Å²) < 4.78 is 5.23. The van der Waals surface area contributed by atoms with Crippen molar-refractivity contribution in [1.29, 1.82) is 0 Å². The Kier molecular flexibility index (Phi) is 6.40. The predicted octanol–water partition coefficient (Wildman–Crippen LogP) is 1.96. The molecule has 23 heavy (non-hydrogen) atoms. The van der Waals surface area contributed by atoms with E-state index in [2.05, 4.69) is 5.32 Å². The summed E-state index contributed by atoms with van der Waals surface area (Å²) in [4.78, 5) is 27.7. The van der Waals surface area contributed by atoms with Gasteiger partial charge in [0.1, 0.15) is 0 Å². The number of nitrogens with one attached hydrogen (secondary N) is 1. The normalized spacial score (nSPS) is 14.4. The standard InChI is InChI=1S/C17H25N3O3/c1-3-19(4-2)16(21)13-14-5-7-15(8-6-14)18-17(22)20-9-11-23-12-10-20/h5-8H,3-4,9-13H2,1-2H3,(H,18,22). The highest BCUT2D eigenvalue weighted by molar-refractivity contribution is 5.89. The molecule has 0 saturated carbocycles. The molecule has 3 amide bonds. The third kappa shape index (κ3) is 4.96. The Balaban J connectivity index is 1.89. The molecule has 1 heterocycles. The number of carbonyl (C=O) groups excluding carboxylic acids is 2. The molecule has 126 valence electrons. The smallest absolute Gasteiger partial charge is 0.321 e. The molecule has 1 aromatic carbocycles. The van der Waals surface area contributed by atoms with E-state index in [1.54, 1.807) is 4.90 Å². The average Bonchev–Trinajstić information content (AvgIpc) is 2.58. The van der Waals surface area contributed by atoms with Crippen LogP contribution < -0.4 is 5.32 Å². The largest absolute Gasteiger partial charge is 0.378 e. The van der Waals surface area contributed by atoms with E-state index >= 15 is 0 Å². The van der Waals surface area contributed by atoms with Gasteiger partial charge < -0.3 is 19.9 Å². The average molecular weight is 319 g/mol. The molecule has 1 N–H and O–H groups in total. The van der Waals surface area contributed by atoms with Crippen LogP contribution in [0.3, 0.4) is 0 Å². The van der Waals surface area contributed by atoms with Crippen molar-refractivity contribution in [3.63, 3.8) is 0 Å². The lowest BCUT2D eigenvalue weighted by Gasteiger charge is -2.26. The van der Waals surface area contributed by atoms with Gasteiger partial charge in [-0.2, -0.15) is 0 Å². The van der Waals surface area contributed by atoms with E-state index in [1.807, 2.05) is 43.0 Å². The number of anilines is 1. The number of hydrogen-bond donors (Lipinski definition) is 1. The summed E-state index contributed by atoms with van der Waals surface area (Å²) in [5.74, 6) is 0.125. The molecule has 6 heteroatoms. The summed E-state index contributed by atoms with van der Waals surface area (Å²) >= 11 is 0. The van der Waals surface area contributed by atoms with Gasteiger partial charge in [-0.1, -0.05) is 12.1 Å². The first-order valence-electron chi connectivity index (χ1n) is 8.14. The molecule has 1 fully saturated rings. The van der Waals surface area contributed by atoms with Gasteiger partial charge in [0.25, 0.3) is 0 Å². The second-order valence-corrected chi connectivity index (χ2v) is 5.47. The third-order valence-corrected chi connectivity index (χ3v) is 3.98. The van der Waals surface area contributed by atoms with Gasteiger partial charge in [-0.25, -0.2) is 4.79 Å². The van der Waals surface area contributed by atoms with Crippen molar-refractivity contribution in [2.45, 2.75) is 20.3 Å². The van der Waals surface area contributed by atoms with Crippen LogP contribution in [-0.2, 0) is 16.0 Å². The van der Waals surface area contributed by atoms with E-state index in [-0.39, 0.29) is 11.9 Å². The van der Waals surface area contributed by atoms with Crippen molar-refractivity contribution in [3.05, 3.63) is 29.8 Å². The monoisotopic (exact) mass is 319 g/mol. The Labute approximate surface area is 137 Å². The minimum absolute atomic E-state index is 0.111. The highest BCUT2D eigenvalue weighted by Crippen LogP contribution is 2.12. The quantitative estimate of drug-likeness (QED) is 0.902. The van der Waals surface area contributed by atoms with Crippen LogP contribution in [0.5, 0.6) is 0 Å². The molecular formula is C17H25N3O3. The van der Waals surface area contributed by atoms with E-state index in [0.717, 1.165) is 24.3 Å². The first-order chi connectivity index (χ1) is 11.1. The fourth-order valence-corrected chi connectivity index (χ4v) is 2.54. The van der Waals surface area contributed by atoms with Crippen molar-refractivity contribution >= 4 is 17.6 Å². The van der Waals surface area contributed by atoms with Gasteiger partial charge in [-0.3, -0.25) is 4.79 Å². The topological polar surface area (TPSA) is 61.9 Å². The molecule has 6 nitrogen and oxygen atoms in total. The van der Waals surface area contributed by atoms with Gasteiger partial charge in [-0.15, -0.1) is 0 Å².